The fraction of sp³-hybridized carbons (Fsp3) is 0.100. The van der Waals surface area contributed by atoms with Crippen LogP contribution in [0.4, 0.5) is 0 Å². The molecule has 1 aromatic carbocycles. The Morgan fingerprint density at radius 3 is 2.47 bits per heavy atom. The van der Waals surface area contributed by atoms with Crippen LogP contribution < -0.4 is 26.6 Å². The SMILES string of the molecule is NC(=S)NNC(=S)NC(=O)COc1ccc(Br)cc1. The summed E-state index contributed by atoms with van der Waals surface area (Å²) in [6.07, 6.45) is 0. The summed E-state index contributed by atoms with van der Waals surface area (Å²) < 4.78 is 6.19. The minimum atomic E-state index is -0.398. The Bertz CT molecular complexity index is 481. The van der Waals surface area contributed by atoms with E-state index in [-0.39, 0.29) is 16.8 Å². The summed E-state index contributed by atoms with van der Waals surface area (Å²) in [4.78, 5) is 11.5. The molecule has 0 saturated heterocycles. The first-order valence-corrected chi connectivity index (χ1v) is 6.62. The highest BCUT2D eigenvalue weighted by molar-refractivity contribution is 9.10. The van der Waals surface area contributed by atoms with Gasteiger partial charge in [-0.15, -0.1) is 0 Å². The zero-order valence-electron chi connectivity index (χ0n) is 9.60. The minimum Gasteiger partial charge on any atom is -0.484 e. The van der Waals surface area contributed by atoms with Crippen LogP contribution in [-0.4, -0.2) is 22.7 Å². The summed E-state index contributed by atoms with van der Waals surface area (Å²) in [5.41, 5.74) is 10.0. The van der Waals surface area contributed by atoms with Crippen LogP contribution >= 0.6 is 40.4 Å². The van der Waals surface area contributed by atoms with Gasteiger partial charge in [-0.3, -0.25) is 21.0 Å². The van der Waals surface area contributed by atoms with Crippen molar-refractivity contribution in [3.63, 3.8) is 0 Å². The molecular weight excluding hydrogens is 352 g/mol. The van der Waals surface area contributed by atoms with Gasteiger partial charge >= 0.3 is 0 Å². The third kappa shape index (κ3) is 6.89. The fourth-order valence-electron chi connectivity index (χ4n) is 0.992. The lowest BCUT2D eigenvalue weighted by Crippen LogP contribution is -2.50. The van der Waals surface area contributed by atoms with E-state index < -0.39 is 5.91 Å². The number of carbonyl (C=O) groups is 1. The topological polar surface area (TPSA) is 88.4 Å². The van der Waals surface area contributed by atoms with Crippen LogP contribution in [0.2, 0.25) is 0 Å². The first-order chi connectivity index (χ1) is 8.97. The maximum Gasteiger partial charge on any atom is 0.264 e. The quantitative estimate of drug-likeness (QED) is 0.461. The highest BCUT2D eigenvalue weighted by atomic mass is 79.9. The Kier molecular flexibility index (Phi) is 6.46. The summed E-state index contributed by atoms with van der Waals surface area (Å²) in [5, 5.41) is 2.46. The molecule has 19 heavy (non-hydrogen) atoms. The molecule has 0 atom stereocenters. The van der Waals surface area contributed by atoms with E-state index in [1.165, 1.54) is 0 Å². The van der Waals surface area contributed by atoms with Gasteiger partial charge in [0, 0.05) is 4.47 Å². The number of ether oxygens (including phenoxy) is 1. The van der Waals surface area contributed by atoms with Crippen molar-refractivity contribution in [2.75, 3.05) is 6.61 Å². The number of hydrazine groups is 1. The average Bonchev–Trinajstić information content (AvgIpc) is 2.36. The number of rotatable bonds is 3. The Morgan fingerprint density at radius 2 is 1.89 bits per heavy atom. The van der Waals surface area contributed by atoms with Gasteiger partial charge in [0.25, 0.3) is 5.91 Å². The molecule has 0 aliphatic heterocycles. The summed E-state index contributed by atoms with van der Waals surface area (Å²) in [7, 11) is 0. The molecule has 0 bridgehead atoms. The van der Waals surface area contributed by atoms with E-state index in [0.717, 1.165) is 4.47 Å². The largest absolute Gasteiger partial charge is 0.484 e. The smallest absolute Gasteiger partial charge is 0.264 e. The van der Waals surface area contributed by atoms with Crippen molar-refractivity contribution in [1.29, 1.82) is 0 Å². The van der Waals surface area contributed by atoms with E-state index in [0.29, 0.717) is 5.75 Å². The number of benzene rings is 1. The van der Waals surface area contributed by atoms with Crippen molar-refractivity contribution in [1.82, 2.24) is 16.2 Å². The summed E-state index contributed by atoms with van der Waals surface area (Å²) in [6, 6.07) is 7.10. The Morgan fingerprint density at radius 1 is 1.26 bits per heavy atom. The number of hydrogen-bond acceptors (Lipinski definition) is 4. The van der Waals surface area contributed by atoms with Gasteiger partial charge in [0.1, 0.15) is 5.75 Å². The summed E-state index contributed by atoms with van der Waals surface area (Å²) in [5.74, 6) is 0.184. The van der Waals surface area contributed by atoms with Gasteiger partial charge in [0.2, 0.25) is 0 Å². The second kappa shape index (κ2) is 7.87. The lowest BCUT2D eigenvalue weighted by molar-refractivity contribution is -0.121. The lowest BCUT2D eigenvalue weighted by Gasteiger charge is -2.10. The molecule has 0 aliphatic carbocycles. The molecule has 0 heterocycles. The molecule has 6 nitrogen and oxygen atoms in total. The Hall–Kier alpha value is -1.45. The highest BCUT2D eigenvalue weighted by Gasteiger charge is 2.05. The average molecular weight is 363 g/mol. The predicted molar refractivity (Wildman–Crippen MR) is 83.4 cm³/mol. The maximum absolute atomic E-state index is 11.5. The van der Waals surface area contributed by atoms with Crippen molar-refractivity contribution in [2.45, 2.75) is 0 Å². The zero-order valence-corrected chi connectivity index (χ0v) is 12.8. The molecule has 0 aromatic heterocycles. The first-order valence-electron chi connectivity index (χ1n) is 5.01. The number of nitrogens with two attached hydrogens (primary N) is 1. The third-order valence-electron chi connectivity index (χ3n) is 1.74. The van der Waals surface area contributed by atoms with Crippen molar-refractivity contribution < 1.29 is 9.53 Å². The normalized spacial score (nSPS) is 9.32. The standard InChI is InChI=1S/C10H11BrN4O2S2/c11-6-1-3-7(4-2-6)17-5-8(16)13-10(19)15-14-9(12)18/h1-4H,5H2,(H3,12,14,18)(H2,13,15,16,19). The molecule has 0 radical (unpaired) electrons. The number of amides is 1. The maximum atomic E-state index is 11.5. The highest BCUT2D eigenvalue weighted by Crippen LogP contribution is 2.15. The second-order valence-electron chi connectivity index (χ2n) is 3.23. The fourth-order valence-corrected chi connectivity index (χ4v) is 1.47. The molecule has 0 unspecified atom stereocenters. The number of nitrogens with one attached hydrogen (secondary N) is 3. The first kappa shape index (κ1) is 15.6. The van der Waals surface area contributed by atoms with Gasteiger partial charge in [0.15, 0.2) is 16.8 Å². The minimum absolute atomic E-state index is 0.0164. The predicted octanol–water partition coefficient (Wildman–Crippen LogP) is 0.567. The second-order valence-corrected chi connectivity index (χ2v) is 5.00. The number of thiocarbonyl (C=S) groups is 2. The zero-order chi connectivity index (χ0) is 14.3. The molecule has 0 spiro atoms. The molecule has 102 valence electrons. The molecule has 1 aromatic rings. The van der Waals surface area contributed by atoms with Crippen LogP contribution in [-0.2, 0) is 4.79 Å². The molecular formula is C10H11BrN4O2S2. The van der Waals surface area contributed by atoms with Gasteiger partial charge in [-0.2, -0.15) is 0 Å². The number of carbonyl (C=O) groups excluding carboxylic acids is 1. The van der Waals surface area contributed by atoms with E-state index >= 15 is 0 Å². The van der Waals surface area contributed by atoms with Crippen molar-refractivity contribution in [3.8, 4) is 5.75 Å². The molecule has 1 amide bonds. The van der Waals surface area contributed by atoms with E-state index in [2.05, 4.69) is 44.3 Å². The number of halogens is 1. The Balaban J connectivity index is 2.29. The van der Waals surface area contributed by atoms with Crippen LogP contribution in [0, 0.1) is 0 Å². The van der Waals surface area contributed by atoms with Gasteiger partial charge in [-0.05, 0) is 48.7 Å². The molecule has 0 fully saturated rings. The van der Waals surface area contributed by atoms with Gasteiger partial charge in [-0.25, -0.2) is 0 Å². The van der Waals surface area contributed by atoms with Gasteiger partial charge in [-0.1, -0.05) is 15.9 Å². The lowest BCUT2D eigenvalue weighted by atomic mass is 10.3. The van der Waals surface area contributed by atoms with Crippen LogP contribution in [0.5, 0.6) is 5.75 Å². The van der Waals surface area contributed by atoms with Crippen LogP contribution in [0.3, 0.4) is 0 Å². The van der Waals surface area contributed by atoms with Crippen molar-refractivity contribution in [3.05, 3.63) is 28.7 Å². The van der Waals surface area contributed by atoms with Crippen LogP contribution in [0.25, 0.3) is 0 Å². The third-order valence-corrected chi connectivity index (χ3v) is 2.57. The van der Waals surface area contributed by atoms with E-state index in [1.807, 2.05) is 12.1 Å². The van der Waals surface area contributed by atoms with Crippen LogP contribution in [0.1, 0.15) is 0 Å². The van der Waals surface area contributed by atoms with E-state index in [4.69, 9.17) is 22.7 Å². The summed E-state index contributed by atoms with van der Waals surface area (Å²) in [6.45, 7) is -0.156. The molecule has 0 aliphatic rings. The van der Waals surface area contributed by atoms with Gasteiger partial charge in [0.05, 0.1) is 0 Å². The van der Waals surface area contributed by atoms with E-state index in [9.17, 15) is 4.79 Å². The molecule has 0 saturated carbocycles. The monoisotopic (exact) mass is 362 g/mol. The summed E-state index contributed by atoms with van der Waals surface area (Å²) >= 11 is 12.7. The van der Waals surface area contributed by atoms with Crippen molar-refractivity contribution >= 4 is 56.5 Å². The molecule has 9 heteroatoms. The Labute approximate surface area is 129 Å². The van der Waals surface area contributed by atoms with Crippen LogP contribution in [0.15, 0.2) is 28.7 Å². The van der Waals surface area contributed by atoms with Gasteiger partial charge < -0.3 is 10.5 Å². The van der Waals surface area contributed by atoms with Crippen molar-refractivity contribution in [2.24, 2.45) is 5.73 Å². The number of hydrogen-bond donors (Lipinski definition) is 4. The van der Waals surface area contributed by atoms with E-state index in [1.54, 1.807) is 12.1 Å². The molecule has 1 rings (SSSR count). The molecule has 5 N–H and O–H groups in total.